The Balaban J connectivity index is 2.29. The molecule has 0 radical (unpaired) electrons. The normalized spacial score (nSPS) is 11.0. The average Bonchev–Trinajstić information content (AvgIpc) is 2.61. The number of non-ortho nitro benzene ring substituents is 2. The van der Waals surface area contributed by atoms with Crippen LogP contribution in [-0.2, 0) is 0 Å². The summed E-state index contributed by atoms with van der Waals surface area (Å²) in [5, 5.41) is 21.8. The fraction of sp³-hybridized carbons (Fsp3) is 0.250. The number of nitro benzene ring substituents is 2. The van der Waals surface area contributed by atoms with Crippen molar-refractivity contribution in [3.63, 3.8) is 0 Å². The summed E-state index contributed by atoms with van der Waals surface area (Å²) < 4.78 is 12.1. The standard InChI is InChI=1S/C16H18N2O6Si/c1-3-25(4-2,23-15-9-5-7-13(11-15)17(19)20)24-16-10-6-8-14(12-16)18(21)22/h5-12H,3-4H2,1-2H3. The van der Waals surface area contributed by atoms with Crippen LogP contribution < -0.4 is 8.85 Å². The molecule has 0 saturated carbocycles. The van der Waals surface area contributed by atoms with E-state index in [0.717, 1.165) is 0 Å². The molecule has 25 heavy (non-hydrogen) atoms. The summed E-state index contributed by atoms with van der Waals surface area (Å²) in [5.41, 5.74) is -0.133. The van der Waals surface area contributed by atoms with Crippen LogP contribution in [0.1, 0.15) is 13.8 Å². The fourth-order valence-corrected chi connectivity index (χ4v) is 4.54. The van der Waals surface area contributed by atoms with Crippen LogP contribution in [-0.4, -0.2) is 18.4 Å². The van der Waals surface area contributed by atoms with E-state index in [2.05, 4.69) is 0 Å². The Morgan fingerprint density at radius 3 is 1.56 bits per heavy atom. The minimum atomic E-state index is -2.79. The van der Waals surface area contributed by atoms with Crippen LogP contribution in [0.3, 0.4) is 0 Å². The lowest BCUT2D eigenvalue weighted by molar-refractivity contribution is -0.385. The molecule has 0 aliphatic rings. The van der Waals surface area contributed by atoms with E-state index in [1.54, 1.807) is 24.3 Å². The zero-order valence-electron chi connectivity index (χ0n) is 13.9. The number of hydrogen-bond acceptors (Lipinski definition) is 6. The number of benzene rings is 2. The lowest BCUT2D eigenvalue weighted by Crippen LogP contribution is -2.47. The largest absolute Gasteiger partial charge is 0.512 e. The lowest BCUT2D eigenvalue weighted by Gasteiger charge is -2.29. The smallest absolute Gasteiger partial charge is 0.459 e. The predicted octanol–water partition coefficient (Wildman–Crippen LogP) is 4.44. The maximum Gasteiger partial charge on any atom is 0.459 e. The van der Waals surface area contributed by atoms with Gasteiger partial charge in [0, 0.05) is 24.2 Å². The predicted molar refractivity (Wildman–Crippen MR) is 94.2 cm³/mol. The molecule has 0 heterocycles. The van der Waals surface area contributed by atoms with Gasteiger partial charge in [-0.15, -0.1) is 0 Å². The highest BCUT2D eigenvalue weighted by Gasteiger charge is 2.38. The van der Waals surface area contributed by atoms with Gasteiger partial charge < -0.3 is 8.85 Å². The summed E-state index contributed by atoms with van der Waals surface area (Å²) in [4.78, 5) is 20.9. The third-order valence-electron chi connectivity index (χ3n) is 3.74. The van der Waals surface area contributed by atoms with Crippen LogP contribution >= 0.6 is 0 Å². The van der Waals surface area contributed by atoms with Gasteiger partial charge in [-0.1, -0.05) is 26.0 Å². The van der Waals surface area contributed by atoms with Gasteiger partial charge in [-0.05, 0) is 12.1 Å². The Hall–Kier alpha value is -2.94. The van der Waals surface area contributed by atoms with Crippen molar-refractivity contribution in [2.75, 3.05) is 0 Å². The van der Waals surface area contributed by atoms with Crippen LogP contribution in [0, 0.1) is 20.2 Å². The van der Waals surface area contributed by atoms with Gasteiger partial charge in [0.05, 0.1) is 22.0 Å². The molecule has 8 nitrogen and oxygen atoms in total. The van der Waals surface area contributed by atoms with Gasteiger partial charge in [0.25, 0.3) is 11.4 Å². The molecule has 0 saturated heterocycles. The van der Waals surface area contributed by atoms with Gasteiger partial charge >= 0.3 is 8.56 Å². The molecule has 0 fully saturated rings. The number of rotatable bonds is 8. The van der Waals surface area contributed by atoms with Gasteiger partial charge in [0.1, 0.15) is 11.5 Å². The van der Waals surface area contributed by atoms with Crippen molar-refractivity contribution in [3.8, 4) is 11.5 Å². The highest BCUT2D eigenvalue weighted by Crippen LogP contribution is 2.29. The van der Waals surface area contributed by atoms with E-state index < -0.39 is 18.4 Å². The van der Waals surface area contributed by atoms with E-state index in [4.69, 9.17) is 8.85 Å². The van der Waals surface area contributed by atoms with Crippen molar-refractivity contribution in [3.05, 3.63) is 68.8 Å². The average molecular weight is 362 g/mol. The highest BCUT2D eigenvalue weighted by molar-refractivity contribution is 6.68. The third-order valence-corrected chi connectivity index (χ3v) is 7.11. The minimum Gasteiger partial charge on any atom is -0.512 e. The quantitative estimate of drug-likeness (QED) is 0.390. The van der Waals surface area contributed by atoms with E-state index in [1.807, 2.05) is 13.8 Å². The maximum atomic E-state index is 10.9. The SMILES string of the molecule is CC[Si](CC)(Oc1cccc([N+](=O)[O-])c1)Oc1cccc([N+](=O)[O-])c1. The van der Waals surface area contributed by atoms with Gasteiger partial charge in [0.15, 0.2) is 0 Å². The van der Waals surface area contributed by atoms with Gasteiger partial charge in [-0.2, -0.15) is 0 Å². The molecule has 9 heteroatoms. The van der Waals surface area contributed by atoms with E-state index in [1.165, 1.54) is 24.3 Å². The first-order valence-corrected chi connectivity index (χ1v) is 9.99. The van der Waals surface area contributed by atoms with E-state index >= 15 is 0 Å². The Morgan fingerprint density at radius 1 is 0.840 bits per heavy atom. The van der Waals surface area contributed by atoms with Gasteiger partial charge in [0.2, 0.25) is 0 Å². The molecular formula is C16H18N2O6Si. The maximum absolute atomic E-state index is 10.9. The summed E-state index contributed by atoms with van der Waals surface area (Å²) in [5.74, 6) is 0.713. The molecule has 0 unspecified atom stereocenters. The topological polar surface area (TPSA) is 105 Å². The molecule has 0 atom stereocenters. The summed E-state index contributed by atoms with van der Waals surface area (Å²) in [7, 11) is -2.79. The lowest BCUT2D eigenvalue weighted by atomic mass is 10.3. The van der Waals surface area contributed by atoms with E-state index in [0.29, 0.717) is 23.6 Å². The zero-order valence-corrected chi connectivity index (χ0v) is 14.9. The zero-order chi connectivity index (χ0) is 18.4. The second-order valence-corrected chi connectivity index (χ2v) is 8.97. The third kappa shape index (κ3) is 4.54. The van der Waals surface area contributed by atoms with Crippen molar-refractivity contribution in [2.45, 2.75) is 25.9 Å². The summed E-state index contributed by atoms with van der Waals surface area (Å²) >= 11 is 0. The Labute approximate surface area is 145 Å². The summed E-state index contributed by atoms with van der Waals surface area (Å²) in [6, 6.07) is 13.0. The van der Waals surface area contributed by atoms with Crippen LogP contribution in [0.2, 0.25) is 12.1 Å². The summed E-state index contributed by atoms with van der Waals surface area (Å²) in [6.07, 6.45) is 0. The van der Waals surface area contributed by atoms with Gasteiger partial charge in [-0.25, -0.2) is 0 Å². The summed E-state index contributed by atoms with van der Waals surface area (Å²) in [6.45, 7) is 3.81. The first-order chi connectivity index (χ1) is 11.9. The molecule has 132 valence electrons. The van der Waals surface area contributed by atoms with Crippen LogP contribution in [0.15, 0.2) is 48.5 Å². The molecule has 0 bridgehead atoms. The van der Waals surface area contributed by atoms with Crippen molar-refractivity contribution >= 4 is 19.9 Å². The Morgan fingerprint density at radius 2 is 1.24 bits per heavy atom. The molecule has 0 spiro atoms. The molecule has 0 amide bonds. The molecular weight excluding hydrogens is 344 g/mol. The molecule has 0 aliphatic heterocycles. The molecule has 2 aromatic rings. The van der Waals surface area contributed by atoms with Crippen molar-refractivity contribution in [2.24, 2.45) is 0 Å². The van der Waals surface area contributed by atoms with Crippen LogP contribution in [0.5, 0.6) is 11.5 Å². The van der Waals surface area contributed by atoms with Crippen LogP contribution in [0.25, 0.3) is 0 Å². The second-order valence-electron chi connectivity index (χ2n) is 5.33. The second kappa shape index (κ2) is 7.75. The molecule has 0 aliphatic carbocycles. The fourth-order valence-electron chi connectivity index (χ4n) is 2.31. The highest BCUT2D eigenvalue weighted by atomic mass is 28.4. The Kier molecular flexibility index (Phi) is 5.70. The first-order valence-electron chi connectivity index (χ1n) is 7.76. The van der Waals surface area contributed by atoms with E-state index in [-0.39, 0.29) is 11.4 Å². The van der Waals surface area contributed by atoms with Crippen molar-refractivity contribution in [1.29, 1.82) is 0 Å². The number of hydrogen-bond donors (Lipinski definition) is 0. The van der Waals surface area contributed by atoms with Crippen LogP contribution in [0.4, 0.5) is 11.4 Å². The molecule has 2 aromatic carbocycles. The first kappa shape index (κ1) is 18.4. The molecule has 0 aromatic heterocycles. The van der Waals surface area contributed by atoms with Crippen molar-refractivity contribution < 1.29 is 18.7 Å². The van der Waals surface area contributed by atoms with E-state index in [9.17, 15) is 20.2 Å². The minimum absolute atomic E-state index is 0.0667. The number of nitrogens with zero attached hydrogens (tertiary/aromatic N) is 2. The monoisotopic (exact) mass is 362 g/mol. The molecule has 0 N–H and O–H groups in total. The van der Waals surface area contributed by atoms with Crippen molar-refractivity contribution in [1.82, 2.24) is 0 Å². The number of nitro groups is 2. The van der Waals surface area contributed by atoms with Gasteiger partial charge in [-0.3, -0.25) is 20.2 Å². The molecule has 2 rings (SSSR count). The Bertz CT molecular complexity index is 717.